The van der Waals surface area contributed by atoms with Crippen LogP contribution in [0.5, 0.6) is 0 Å². The van der Waals surface area contributed by atoms with E-state index in [0.717, 1.165) is 5.56 Å². The van der Waals surface area contributed by atoms with E-state index in [1.165, 1.54) is 17.5 Å². The molecule has 0 radical (unpaired) electrons. The second-order valence-electron chi connectivity index (χ2n) is 14.4. The van der Waals surface area contributed by atoms with Crippen molar-refractivity contribution in [3.8, 4) is 0 Å². The highest BCUT2D eigenvalue weighted by atomic mass is 35.5. The van der Waals surface area contributed by atoms with Crippen LogP contribution in [0.1, 0.15) is 75.4 Å². The SMILES string of the molecule is Cc1nc(Nc2ncc(C(=O)Nc3c(C)cccc3Cl)s2)cc(N2CCN(C(=O)[C@H](CC(=O)NC(C)(C)C)NC(=O)CC(C)(C)C)CC2)n1. The maximum absolute atomic E-state index is 13.7. The maximum Gasteiger partial charge on any atom is 0.267 e. The number of hydrogen-bond donors (Lipinski definition) is 4. The zero-order valence-corrected chi connectivity index (χ0v) is 30.9. The second kappa shape index (κ2) is 15.5. The maximum atomic E-state index is 13.7. The molecule has 0 unspecified atom stereocenters. The number of carbonyl (C=O) groups excluding carboxylic acids is 4. The Labute approximate surface area is 296 Å². The van der Waals surface area contributed by atoms with E-state index in [0.29, 0.717) is 64.4 Å². The molecule has 49 heavy (non-hydrogen) atoms. The normalized spacial score (nSPS) is 14.2. The summed E-state index contributed by atoms with van der Waals surface area (Å²) in [7, 11) is 0. The molecule has 1 fully saturated rings. The van der Waals surface area contributed by atoms with Crippen LogP contribution >= 0.6 is 22.9 Å². The Hall–Kier alpha value is -4.30. The summed E-state index contributed by atoms with van der Waals surface area (Å²) in [6.07, 6.45) is 1.57. The van der Waals surface area contributed by atoms with E-state index in [1.54, 1.807) is 24.0 Å². The fraction of sp³-hybridized carbons (Fsp3) is 0.500. The molecule has 0 bridgehead atoms. The standard InChI is InChI=1S/C34H46ClN9O4S/c1-20-10-9-11-22(35)29(20)41-30(47)24-19-36-32(49-24)40-25-17-26(38-21(2)37-25)43-12-14-44(15-13-43)31(48)23(16-27(45)42-34(6,7)8)39-28(46)18-33(3,4)5/h9-11,17,19,23H,12-16,18H2,1-8H3,(H,39,46)(H,41,47)(H,42,45)(H,36,37,38,40)/t23-/m0/s1. The van der Waals surface area contributed by atoms with Crippen molar-refractivity contribution < 1.29 is 19.2 Å². The van der Waals surface area contributed by atoms with Gasteiger partial charge >= 0.3 is 0 Å². The van der Waals surface area contributed by atoms with Crippen molar-refractivity contribution in [2.24, 2.45) is 5.41 Å². The zero-order valence-electron chi connectivity index (χ0n) is 29.4. The van der Waals surface area contributed by atoms with Crippen LogP contribution in [0.4, 0.5) is 22.5 Å². The van der Waals surface area contributed by atoms with Gasteiger partial charge in [-0.25, -0.2) is 15.0 Å². The topological polar surface area (TPSA) is 162 Å². The number of rotatable bonds is 10. The van der Waals surface area contributed by atoms with Crippen molar-refractivity contribution in [2.45, 2.75) is 79.8 Å². The summed E-state index contributed by atoms with van der Waals surface area (Å²) in [5.74, 6) is 0.531. The molecule has 0 spiro atoms. The molecule has 3 aromatic rings. The van der Waals surface area contributed by atoms with Crippen LogP contribution in [-0.4, -0.2) is 81.2 Å². The average Bonchev–Trinajstić information content (AvgIpc) is 3.45. The molecule has 1 aromatic carbocycles. The van der Waals surface area contributed by atoms with Crippen molar-refractivity contribution in [2.75, 3.05) is 41.7 Å². The van der Waals surface area contributed by atoms with Gasteiger partial charge in [0, 0.05) is 44.2 Å². The molecule has 4 amide bonds. The van der Waals surface area contributed by atoms with Gasteiger partial charge in [0.25, 0.3) is 5.91 Å². The van der Waals surface area contributed by atoms with Crippen LogP contribution in [0.25, 0.3) is 0 Å². The number of thiazole rings is 1. The van der Waals surface area contributed by atoms with Gasteiger partial charge in [-0.05, 0) is 51.7 Å². The van der Waals surface area contributed by atoms with Crippen LogP contribution in [-0.2, 0) is 14.4 Å². The van der Waals surface area contributed by atoms with Gasteiger partial charge in [-0.1, -0.05) is 55.8 Å². The van der Waals surface area contributed by atoms with Gasteiger partial charge in [0.15, 0.2) is 5.13 Å². The molecule has 1 aliphatic rings. The molecular weight excluding hydrogens is 666 g/mol. The summed E-state index contributed by atoms with van der Waals surface area (Å²) in [5.41, 5.74) is 0.667. The molecule has 4 rings (SSSR count). The van der Waals surface area contributed by atoms with E-state index >= 15 is 0 Å². The number of nitrogens with one attached hydrogen (secondary N) is 4. The number of carbonyl (C=O) groups is 4. The lowest BCUT2D eigenvalue weighted by atomic mass is 9.91. The summed E-state index contributed by atoms with van der Waals surface area (Å²) in [4.78, 5) is 69.8. The van der Waals surface area contributed by atoms with Gasteiger partial charge in [-0.3, -0.25) is 19.2 Å². The first kappa shape index (κ1) is 37.5. The average molecular weight is 712 g/mol. The number of piperazine rings is 1. The third-order valence-corrected chi connectivity index (χ3v) is 8.62. The molecule has 0 aliphatic carbocycles. The van der Waals surface area contributed by atoms with Crippen molar-refractivity contribution in [3.05, 3.63) is 51.7 Å². The van der Waals surface area contributed by atoms with E-state index in [1.807, 2.05) is 60.6 Å². The van der Waals surface area contributed by atoms with Crippen molar-refractivity contribution >= 4 is 69.0 Å². The van der Waals surface area contributed by atoms with Crippen LogP contribution in [0.3, 0.4) is 0 Å². The van der Waals surface area contributed by atoms with Gasteiger partial charge in [0.1, 0.15) is 28.4 Å². The molecule has 0 saturated carbocycles. The summed E-state index contributed by atoms with van der Waals surface area (Å²) in [5, 5.41) is 12.7. The lowest BCUT2D eigenvalue weighted by Gasteiger charge is -2.37. The molecular formula is C34H46ClN9O4S. The predicted molar refractivity (Wildman–Crippen MR) is 194 cm³/mol. The van der Waals surface area contributed by atoms with Crippen LogP contribution in [0.15, 0.2) is 30.5 Å². The van der Waals surface area contributed by atoms with E-state index in [9.17, 15) is 19.2 Å². The highest BCUT2D eigenvalue weighted by Gasteiger charge is 2.32. The van der Waals surface area contributed by atoms with Crippen LogP contribution in [0.2, 0.25) is 5.02 Å². The third-order valence-electron chi connectivity index (χ3n) is 7.39. The molecule has 264 valence electrons. The molecule has 1 saturated heterocycles. The number of aromatic nitrogens is 3. The number of nitrogens with zero attached hydrogens (tertiary/aromatic N) is 5. The molecule has 2 aromatic heterocycles. The van der Waals surface area contributed by atoms with E-state index in [2.05, 4.69) is 41.1 Å². The quantitative estimate of drug-likeness (QED) is 0.225. The molecule has 13 nitrogen and oxygen atoms in total. The monoisotopic (exact) mass is 711 g/mol. The molecule has 15 heteroatoms. The number of para-hydroxylation sites is 1. The Bertz CT molecular complexity index is 1640. The van der Waals surface area contributed by atoms with Gasteiger partial charge in [0.2, 0.25) is 17.7 Å². The van der Waals surface area contributed by atoms with Gasteiger partial charge < -0.3 is 31.1 Å². The number of amides is 4. The Morgan fingerprint density at radius 3 is 2.31 bits per heavy atom. The number of halogens is 1. The summed E-state index contributed by atoms with van der Waals surface area (Å²) in [6.45, 7) is 16.8. The minimum absolute atomic E-state index is 0.147. The molecule has 3 heterocycles. The lowest BCUT2D eigenvalue weighted by Crippen LogP contribution is -2.56. The van der Waals surface area contributed by atoms with E-state index < -0.39 is 11.6 Å². The third kappa shape index (κ3) is 11.1. The van der Waals surface area contributed by atoms with Gasteiger partial charge in [-0.15, -0.1) is 0 Å². The van der Waals surface area contributed by atoms with Crippen molar-refractivity contribution in [3.63, 3.8) is 0 Å². The Morgan fingerprint density at radius 2 is 1.67 bits per heavy atom. The Kier molecular flexibility index (Phi) is 11.9. The molecule has 1 aliphatic heterocycles. The van der Waals surface area contributed by atoms with Crippen molar-refractivity contribution in [1.82, 2.24) is 30.5 Å². The molecule has 4 N–H and O–H groups in total. The highest BCUT2D eigenvalue weighted by molar-refractivity contribution is 7.17. The lowest BCUT2D eigenvalue weighted by molar-refractivity contribution is -0.139. The van der Waals surface area contributed by atoms with E-state index in [-0.39, 0.29) is 41.9 Å². The fourth-order valence-electron chi connectivity index (χ4n) is 5.25. The number of anilines is 4. The van der Waals surface area contributed by atoms with E-state index in [4.69, 9.17) is 11.6 Å². The molecule has 1 atom stereocenters. The van der Waals surface area contributed by atoms with Gasteiger partial charge in [-0.2, -0.15) is 0 Å². The first-order valence-corrected chi connectivity index (χ1v) is 17.4. The minimum Gasteiger partial charge on any atom is -0.353 e. The summed E-state index contributed by atoms with van der Waals surface area (Å²) >= 11 is 7.45. The largest absolute Gasteiger partial charge is 0.353 e. The van der Waals surface area contributed by atoms with Crippen molar-refractivity contribution in [1.29, 1.82) is 0 Å². The first-order valence-electron chi connectivity index (χ1n) is 16.2. The first-order chi connectivity index (χ1) is 22.9. The number of hydrogen-bond acceptors (Lipinski definition) is 10. The predicted octanol–water partition coefficient (Wildman–Crippen LogP) is 5.07. The Balaban J connectivity index is 1.40. The van der Waals surface area contributed by atoms with Crippen LogP contribution < -0.4 is 26.2 Å². The number of benzene rings is 1. The fourth-order valence-corrected chi connectivity index (χ4v) is 6.24. The summed E-state index contributed by atoms with van der Waals surface area (Å²) in [6, 6.07) is 6.23. The second-order valence-corrected chi connectivity index (χ2v) is 15.8. The van der Waals surface area contributed by atoms with Gasteiger partial charge in [0.05, 0.1) is 23.3 Å². The minimum atomic E-state index is -0.972. The number of aryl methyl sites for hydroxylation is 2. The zero-order chi connectivity index (χ0) is 36.1. The highest BCUT2D eigenvalue weighted by Crippen LogP contribution is 2.29. The van der Waals surface area contributed by atoms with Crippen LogP contribution in [0, 0.1) is 19.3 Å². The summed E-state index contributed by atoms with van der Waals surface area (Å²) < 4.78 is 0. The Morgan fingerprint density at radius 1 is 0.980 bits per heavy atom. The smallest absolute Gasteiger partial charge is 0.267 e.